The molecule has 0 saturated carbocycles. The Labute approximate surface area is 200 Å². The molecule has 7 nitrogen and oxygen atoms in total. The normalized spacial score (nSPS) is 21.6. The molecule has 2 aromatic rings. The zero-order valence-corrected chi connectivity index (χ0v) is 19.0. The number of nitrogens with two attached hydrogens (primary N) is 1. The van der Waals surface area contributed by atoms with Crippen molar-refractivity contribution >= 4 is 40.6 Å². The van der Waals surface area contributed by atoms with Gasteiger partial charge in [0, 0.05) is 34.0 Å². The van der Waals surface area contributed by atoms with E-state index in [0.717, 1.165) is 6.07 Å². The number of allylic oxidation sites excluding steroid dienone is 1. The molecule has 1 amide bonds. The Hall–Kier alpha value is -3.65. The van der Waals surface area contributed by atoms with E-state index in [0.29, 0.717) is 29.8 Å². The molecule has 2 heterocycles. The Morgan fingerprint density at radius 1 is 1.24 bits per heavy atom. The largest absolute Gasteiger partial charge is 0.462 e. The molecule has 34 heavy (non-hydrogen) atoms. The van der Waals surface area contributed by atoms with Crippen LogP contribution in [0.1, 0.15) is 31.7 Å². The summed E-state index contributed by atoms with van der Waals surface area (Å²) in [7, 11) is 0. The summed E-state index contributed by atoms with van der Waals surface area (Å²) in [4.78, 5) is 42.0. The number of halogens is 2. The summed E-state index contributed by atoms with van der Waals surface area (Å²) in [5.74, 6) is -2.58. The number of carbonyl (C=O) groups is 3. The van der Waals surface area contributed by atoms with Gasteiger partial charge in [0.2, 0.25) is 5.91 Å². The van der Waals surface area contributed by atoms with Gasteiger partial charge in [0.1, 0.15) is 22.6 Å². The fourth-order valence-electron chi connectivity index (χ4n) is 5.20. The number of hydrogen-bond donors (Lipinski definition) is 2. The van der Waals surface area contributed by atoms with Gasteiger partial charge in [0.25, 0.3) is 0 Å². The van der Waals surface area contributed by atoms with E-state index in [1.165, 1.54) is 17.0 Å². The average molecular weight is 482 g/mol. The number of esters is 1. The van der Waals surface area contributed by atoms with Gasteiger partial charge in [0.05, 0.1) is 12.3 Å². The predicted octanol–water partition coefficient (Wildman–Crippen LogP) is 3.93. The zero-order chi connectivity index (χ0) is 24.2. The molecule has 0 saturated heterocycles. The lowest BCUT2D eigenvalue weighted by Gasteiger charge is -2.44. The van der Waals surface area contributed by atoms with Gasteiger partial charge in [-0.3, -0.25) is 14.5 Å². The third-order valence-electron chi connectivity index (χ3n) is 6.45. The van der Waals surface area contributed by atoms with Crippen LogP contribution in [0.3, 0.4) is 0 Å². The first-order valence-corrected chi connectivity index (χ1v) is 11.3. The van der Waals surface area contributed by atoms with E-state index in [9.17, 15) is 14.4 Å². The first-order chi connectivity index (χ1) is 16.3. The van der Waals surface area contributed by atoms with Crippen molar-refractivity contribution in [2.75, 3.05) is 16.8 Å². The molecule has 3 N–H and O–H groups in total. The minimum Gasteiger partial charge on any atom is -0.462 e. The number of ether oxygens (including phenoxy) is 1. The SMILES string of the molecule is CCOC(=O)C1=C(N)N(c2ccc(Cl)cc2F)C2=C(C(=O)CCC2)C12C(=O)Nc1ccccc12. The number of benzene rings is 2. The molecule has 1 aliphatic carbocycles. The molecule has 2 aromatic carbocycles. The smallest absolute Gasteiger partial charge is 0.339 e. The van der Waals surface area contributed by atoms with Crippen molar-refractivity contribution in [3.05, 3.63) is 81.5 Å². The van der Waals surface area contributed by atoms with Gasteiger partial charge in [0.15, 0.2) is 5.78 Å². The first-order valence-electron chi connectivity index (χ1n) is 10.9. The molecule has 2 aliphatic heterocycles. The van der Waals surface area contributed by atoms with Crippen LogP contribution < -0.4 is 16.0 Å². The Balaban J connectivity index is 1.90. The van der Waals surface area contributed by atoms with Crippen LogP contribution in [0.5, 0.6) is 0 Å². The lowest BCUT2D eigenvalue weighted by atomic mass is 9.63. The molecule has 9 heteroatoms. The van der Waals surface area contributed by atoms with Crippen LogP contribution in [-0.4, -0.2) is 24.3 Å². The Kier molecular flexibility index (Phi) is 5.20. The second kappa shape index (κ2) is 7.99. The van der Waals surface area contributed by atoms with E-state index in [-0.39, 0.29) is 46.5 Å². The van der Waals surface area contributed by atoms with Crippen LogP contribution in [-0.2, 0) is 24.5 Å². The standard InChI is InChI=1S/C25H21ClFN3O4/c1-2-34-23(32)21-22(28)30(17-11-10-13(26)12-15(17)27)18-8-5-9-19(31)20(18)25(21)14-6-3-4-7-16(14)29-24(25)33/h3-4,6-7,10-12H,2,5,8-9,28H2,1H3,(H,29,33). The highest BCUT2D eigenvalue weighted by Gasteiger charge is 2.62. The molecule has 5 rings (SSSR count). The zero-order valence-electron chi connectivity index (χ0n) is 18.3. The molecule has 1 unspecified atom stereocenters. The van der Waals surface area contributed by atoms with Crippen LogP contribution in [0.25, 0.3) is 0 Å². The van der Waals surface area contributed by atoms with Crippen LogP contribution in [0.2, 0.25) is 5.02 Å². The van der Waals surface area contributed by atoms with Crippen LogP contribution in [0.4, 0.5) is 15.8 Å². The first kappa shape index (κ1) is 22.2. The lowest BCUT2D eigenvalue weighted by Crippen LogP contribution is -2.53. The molecule has 0 radical (unpaired) electrons. The van der Waals surface area contributed by atoms with Gasteiger partial charge >= 0.3 is 5.97 Å². The summed E-state index contributed by atoms with van der Waals surface area (Å²) < 4.78 is 20.4. The van der Waals surface area contributed by atoms with E-state index < -0.39 is 23.1 Å². The van der Waals surface area contributed by atoms with E-state index >= 15 is 4.39 Å². The number of ketones is 1. The predicted molar refractivity (Wildman–Crippen MR) is 124 cm³/mol. The van der Waals surface area contributed by atoms with Crippen molar-refractivity contribution in [2.24, 2.45) is 5.73 Å². The number of Topliss-reactive ketones (excluding diaryl/α,β-unsaturated/α-hetero) is 1. The van der Waals surface area contributed by atoms with E-state index in [1.807, 2.05) is 0 Å². The number of nitrogens with zero attached hydrogens (tertiary/aromatic N) is 1. The van der Waals surface area contributed by atoms with Crippen LogP contribution in [0, 0.1) is 5.82 Å². The van der Waals surface area contributed by atoms with Gasteiger partial charge in [-0.25, -0.2) is 9.18 Å². The maximum absolute atomic E-state index is 15.1. The molecule has 0 fully saturated rings. The average Bonchev–Trinajstić information content (AvgIpc) is 3.07. The molecule has 0 aromatic heterocycles. The molecular formula is C25H21ClFN3O4. The summed E-state index contributed by atoms with van der Waals surface area (Å²) in [6, 6.07) is 10.9. The minimum absolute atomic E-state index is 0.0180. The van der Waals surface area contributed by atoms with Crippen LogP contribution >= 0.6 is 11.6 Å². The molecule has 1 spiro atoms. The Morgan fingerprint density at radius 3 is 2.74 bits per heavy atom. The van der Waals surface area contributed by atoms with Crippen molar-refractivity contribution < 1.29 is 23.5 Å². The number of rotatable bonds is 3. The van der Waals surface area contributed by atoms with Gasteiger partial charge in [-0.1, -0.05) is 29.8 Å². The van der Waals surface area contributed by atoms with Crippen molar-refractivity contribution in [2.45, 2.75) is 31.6 Å². The van der Waals surface area contributed by atoms with Gasteiger partial charge in [-0.05, 0) is 44.0 Å². The van der Waals surface area contributed by atoms with E-state index in [4.69, 9.17) is 22.1 Å². The number of fused-ring (bicyclic) bond motifs is 3. The van der Waals surface area contributed by atoms with Gasteiger partial charge in [-0.2, -0.15) is 0 Å². The van der Waals surface area contributed by atoms with Gasteiger partial charge < -0.3 is 15.8 Å². The monoisotopic (exact) mass is 481 g/mol. The van der Waals surface area contributed by atoms with Crippen molar-refractivity contribution in [3.8, 4) is 0 Å². The van der Waals surface area contributed by atoms with Crippen molar-refractivity contribution in [3.63, 3.8) is 0 Å². The third kappa shape index (κ3) is 2.91. The van der Waals surface area contributed by atoms with Crippen molar-refractivity contribution in [1.82, 2.24) is 0 Å². The molecular weight excluding hydrogens is 461 g/mol. The minimum atomic E-state index is -1.79. The van der Waals surface area contributed by atoms with Crippen molar-refractivity contribution in [1.29, 1.82) is 0 Å². The second-order valence-electron chi connectivity index (χ2n) is 8.26. The number of hydrogen-bond acceptors (Lipinski definition) is 6. The highest BCUT2D eigenvalue weighted by atomic mass is 35.5. The quantitative estimate of drug-likeness (QED) is 0.644. The summed E-state index contributed by atoms with van der Waals surface area (Å²) >= 11 is 5.95. The summed E-state index contributed by atoms with van der Waals surface area (Å²) in [6.45, 7) is 1.64. The Morgan fingerprint density at radius 2 is 2.00 bits per heavy atom. The summed E-state index contributed by atoms with van der Waals surface area (Å²) in [5.41, 5.74) is 6.03. The number of carbonyl (C=O) groups excluding carboxylic acids is 3. The highest BCUT2D eigenvalue weighted by Crippen LogP contribution is 2.55. The van der Waals surface area contributed by atoms with Gasteiger partial charge in [-0.15, -0.1) is 0 Å². The molecule has 3 aliphatic rings. The fraction of sp³-hybridized carbons (Fsp3) is 0.240. The number of para-hydroxylation sites is 1. The number of anilines is 2. The number of amides is 1. The maximum Gasteiger partial charge on any atom is 0.339 e. The third-order valence-corrected chi connectivity index (χ3v) is 6.69. The second-order valence-corrected chi connectivity index (χ2v) is 8.70. The maximum atomic E-state index is 15.1. The molecule has 1 atom stereocenters. The summed E-state index contributed by atoms with van der Waals surface area (Å²) in [6.07, 6.45) is 1.03. The van der Waals surface area contributed by atoms with E-state index in [2.05, 4.69) is 5.32 Å². The fourth-order valence-corrected chi connectivity index (χ4v) is 5.36. The van der Waals surface area contributed by atoms with E-state index in [1.54, 1.807) is 31.2 Å². The topological polar surface area (TPSA) is 102 Å². The molecule has 0 bridgehead atoms. The Bertz CT molecular complexity index is 1340. The van der Waals surface area contributed by atoms with Crippen LogP contribution in [0.15, 0.2) is 65.1 Å². The highest BCUT2D eigenvalue weighted by molar-refractivity contribution is 6.30. The molecule has 174 valence electrons. The summed E-state index contributed by atoms with van der Waals surface area (Å²) in [5, 5.41) is 2.98. The lowest BCUT2D eigenvalue weighted by molar-refractivity contribution is -0.140. The number of nitrogens with one attached hydrogen (secondary N) is 1.